The Bertz CT molecular complexity index is 1380. The number of para-hydroxylation sites is 2. The van der Waals surface area contributed by atoms with Crippen molar-refractivity contribution < 1.29 is 19.1 Å². The predicted octanol–water partition coefficient (Wildman–Crippen LogP) is 5.19. The Morgan fingerprint density at radius 1 is 0.927 bits per heavy atom. The third-order valence-corrected chi connectivity index (χ3v) is 7.69. The second-order valence-electron chi connectivity index (χ2n) is 10.6. The number of hydrogen-bond donors (Lipinski definition) is 3. The average molecular weight is 558 g/mol. The molecule has 3 amide bonds. The molecular weight excluding hydrogens is 518 g/mol. The van der Waals surface area contributed by atoms with E-state index in [4.69, 9.17) is 9.47 Å². The van der Waals surface area contributed by atoms with Gasteiger partial charge in [-0.05, 0) is 68.7 Å². The summed E-state index contributed by atoms with van der Waals surface area (Å²) in [6, 6.07) is 19.1. The van der Waals surface area contributed by atoms with Gasteiger partial charge in [-0.1, -0.05) is 29.8 Å². The van der Waals surface area contributed by atoms with Crippen molar-refractivity contribution in [3.8, 4) is 5.75 Å². The van der Waals surface area contributed by atoms with Crippen LogP contribution in [0.5, 0.6) is 5.75 Å². The molecule has 41 heavy (non-hydrogen) atoms. The van der Waals surface area contributed by atoms with Gasteiger partial charge in [-0.25, -0.2) is 4.79 Å². The molecule has 9 heteroatoms. The summed E-state index contributed by atoms with van der Waals surface area (Å²) in [6.45, 7) is 8.23. The van der Waals surface area contributed by atoms with E-state index < -0.39 is 0 Å². The fourth-order valence-corrected chi connectivity index (χ4v) is 5.50. The van der Waals surface area contributed by atoms with E-state index in [1.165, 1.54) is 0 Å². The zero-order valence-corrected chi connectivity index (χ0v) is 24.0. The fraction of sp³-hybridized carbons (Fsp3) is 0.375. The van der Waals surface area contributed by atoms with Crippen LogP contribution in [0.2, 0.25) is 0 Å². The lowest BCUT2D eigenvalue weighted by Crippen LogP contribution is -2.47. The molecule has 2 aliphatic rings. The number of ether oxygens (including phenoxy) is 2. The molecule has 2 heterocycles. The number of piperazine rings is 1. The number of nitrogens with one attached hydrogen (secondary N) is 3. The highest BCUT2D eigenvalue weighted by Crippen LogP contribution is 2.31. The van der Waals surface area contributed by atoms with Crippen molar-refractivity contribution in [2.24, 2.45) is 0 Å². The molecule has 3 N–H and O–H groups in total. The van der Waals surface area contributed by atoms with Gasteiger partial charge in [-0.3, -0.25) is 4.79 Å². The second-order valence-corrected chi connectivity index (χ2v) is 10.6. The molecule has 1 unspecified atom stereocenters. The number of carbonyl (C=O) groups excluding carboxylic acids is 2. The van der Waals surface area contributed by atoms with Gasteiger partial charge in [0.2, 0.25) is 0 Å². The van der Waals surface area contributed by atoms with Gasteiger partial charge in [0.1, 0.15) is 5.75 Å². The summed E-state index contributed by atoms with van der Waals surface area (Å²) in [4.78, 5) is 30.9. The van der Waals surface area contributed by atoms with Gasteiger partial charge in [0.15, 0.2) is 0 Å². The molecule has 0 radical (unpaired) electrons. The highest BCUT2D eigenvalue weighted by molar-refractivity contribution is 6.04. The minimum Gasteiger partial charge on any atom is -0.495 e. The van der Waals surface area contributed by atoms with Crippen molar-refractivity contribution in [1.29, 1.82) is 0 Å². The molecule has 0 bridgehead atoms. The number of methoxy groups -OCH3 is 1. The summed E-state index contributed by atoms with van der Waals surface area (Å²) in [7, 11) is 1.69. The number of rotatable bonds is 8. The van der Waals surface area contributed by atoms with E-state index in [0.29, 0.717) is 17.8 Å². The summed E-state index contributed by atoms with van der Waals surface area (Å²) < 4.78 is 11.3. The minimum atomic E-state index is -0.360. The Kier molecular flexibility index (Phi) is 8.94. The summed E-state index contributed by atoms with van der Waals surface area (Å²) in [5.74, 6) is 0.672. The SMILES string of the molecule is COc1ccccc1N1CCN(c2ccc(NC(=O)Nc3ccc(C)cc3C)cc2C(=O)NCC2CCCO2)CC1. The van der Waals surface area contributed by atoms with Gasteiger partial charge in [0.05, 0.1) is 24.5 Å². The van der Waals surface area contributed by atoms with Crippen LogP contribution in [-0.2, 0) is 4.74 Å². The minimum absolute atomic E-state index is 0.0385. The molecular formula is C32H39N5O4. The first-order chi connectivity index (χ1) is 19.9. The number of urea groups is 1. The third kappa shape index (κ3) is 6.92. The molecule has 216 valence electrons. The quantitative estimate of drug-likeness (QED) is 0.353. The Morgan fingerprint density at radius 2 is 1.68 bits per heavy atom. The molecule has 9 nitrogen and oxygen atoms in total. The maximum absolute atomic E-state index is 13.5. The Hall–Kier alpha value is -4.24. The first kappa shape index (κ1) is 28.3. The van der Waals surface area contributed by atoms with Crippen LogP contribution in [0.3, 0.4) is 0 Å². The lowest BCUT2D eigenvalue weighted by molar-refractivity contribution is 0.0858. The van der Waals surface area contributed by atoms with E-state index in [0.717, 1.165) is 79.6 Å². The lowest BCUT2D eigenvalue weighted by Gasteiger charge is -2.38. The molecule has 0 aromatic heterocycles. The number of anilines is 4. The lowest BCUT2D eigenvalue weighted by atomic mass is 10.1. The number of nitrogens with zero attached hydrogens (tertiary/aromatic N) is 2. The van der Waals surface area contributed by atoms with E-state index in [2.05, 4.69) is 31.8 Å². The summed E-state index contributed by atoms with van der Waals surface area (Å²) in [6.07, 6.45) is 1.99. The fourth-order valence-electron chi connectivity index (χ4n) is 5.50. The van der Waals surface area contributed by atoms with Gasteiger partial charge in [0.25, 0.3) is 5.91 Å². The molecule has 1 atom stereocenters. The van der Waals surface area contributed by atoms with Crippen molar-refractivity contribution >= 4 is 34.7 Å². The van der Waals surface area contributed by atoms with E-state index >= 15 is 0 Å². The van der Waals surface area contributed by atoms with Crippen LogP contribution in [0.4, 0.5) is 27.5 Å². The van der Waals surface area contributed by atoms with E-state index in [9.17, 15) is 9.59 Å². The summed E-state index contributed by atoms with van der Waals surface area (Å²) in [5.41, 5.74) is 5.84. The predicted molar refractivity (Wildman–Crippen MR) is 164 cm³/mol. The maximum atomic E-state index is 13.5. The molecule has 2 fully saturated rings. The molecule has 0 spiro atoms. The van der Waals surface area contributed by atoms with Gasteiger partial charge in [0, 0.05) is 56.4 Å². The van der Waals surface area contributed by atoms with Crippen molar-refractivity contribution in [2.75, 3.05) is 66.9 Å². The standard InChI is InChI=1S/C32H39N5O4/c1-22-10-12-27(23(2)19-22)35-32(39)34-24-11-13-28(26(20-24)31(38)33-21-25-7-6-18-41-25)36-14-16-37(17-15-36)29-8-4-5-9-30(29)40-3/h4-5,8-13,19-20,25H,6-7,14-18,21H2,1-3H3,(H,33,38)(H2,34,35,39). The van der Waals surface area contributed by atoms with Crippen molar-refractivity contribution in [3.63, 3.8) is 0 Å². The average Bonchev–Trinajstić information content (AvgIpc) is 3.51. The maximum Gasteiger partial charge on any atom is 0.323 e. The van der Waals surface area contributed by atoms with Crippen LogP contribution < -0.4 is 30.5 Å². The van der Waals surface area contributed by atoms with Crippen molar-refractivity contribution in [2.45, 2.75) is 32.8 Å². The number of benzene rings is 3. The van der Waals surface area contributed by atoms with Gasteiger partial charge < -0.3 is 35.2 Å². The third-order valence-electron chi connectivity index (χ3n) is 7.69. The van der Waals surface area contributed by atoms with Gasteiger partial charge in [-0.2, -0.15) is 0 Å². The Balaban J connectivity index is 1.32. The molecule has 3 aromatic carbocycles. The Labute approximate surface area is 241 Å². The molecule has 2 saturated heterocycles. The molecule has 2 aliphatic heterocycles. The molecule has 0 saturated carbocycles. The highest BCUT2D eigenvalue weighted by Gasteiger charge is 2.25. The van der Waals surface area contributed by atoms with Crippen LogP contribution in [0.25, 0.3) is 0 Å². The molecule has 3 aromatic rings. The van der Waals surface area contributed by atoms with E-state index in [-0.39, 0.29) is 18.0 Å². The van der Waals surface area contributed by atoms with Gasteiger partial charge in [-0.15, -0.1) is 0 Å². The van der Waals surface area contributed by atoms with Crippen LogP contribution in [0.1, 0.15) is 34.3 Å². The Morgan fingerprint density at radius 3 is 2.39 bits per heavy atom. The second kappa shape index (κ2) is 13.0. The summed E-state index contributed by atoms with van der Waals surface area (Å²) >= 11 is 0. The van der Waals surface area contributed by atoms with Crippen LogP contribution in [0.15, 0.2) is 60.7 Å². The van der Waals surface area contributed by atoms with Crippen LogP contribution in [0, 0.1) is 13.8 Å². The first-order valence-corrected chi connectivity index (χ1v) is 14.2. The first-order valence-electron chi connectivity index (χ1n) is 14.2. The molecule has 0 aliphatic carbocycles. The molecule has 5 rings (SSSR count). The highest BCUT2D eigenvalue weighted by atomic mass is 16.5. The largest absolute Gasteiger partial charge is 0.495 e. The summed E-state index contributed by atoms with van der Waals surface area (Å²) in [5, 5.41) is 8.87. The zero-order chi connectivity index (χ0) is 28.8. The number of aryl methyl sites for hydroxylation is 2. The van der Waals surface area contributed by atoms with Crippen LogP contribution >= 0.6 is 0 Å². The van der Waals surface area contributed by atoms with Crippen LogP contribution in [-0.4, -0.2) is 64.5 Å². The van der Waals surface area contributed by atoms with E-state index in [1.54, 1.807) is 13.2 Å². The number of hydrogen-bond acceptors (Lipinski definition) is 6. The van der Waals surface area contributed by atoms with Gasteiger partial charge >= 0.3 is 6.03 Å². The number of amides is 3. The smallest absolute Gasteiger partial charge is 0.323 e. The number of carbonyl (C=O) groups is 2. The normalized spacial score (nSPS) is 16.8. The monoisotopic (exact) mass is 557 g/mol. The topological polar surface area (TPSA) is 95.2 Å². The van der Waals surface area contributed by atoms with Crippen molar-refractivity contribution in [1.82, 2.24) is 5.32 Å². The van der Waals surface area contributed by atoms with E-state index in [1.807, 2.05) is 62.4 Å². The van der Waals surface area contributed by atoms with Crippen molar-refractivity contribution in [3.05, 3.63) is 77.4 Å². The zero-order valence-electron chi connectivity index (χ0n) is 24.0.